The Kier molecular flexibility index (Phi) is 7.56. The molecular weight excluding hydrogens is 456 g/mol. The van der Waals surface area contributed by atoms with Crippen molar-refractivity contribution in [3.63, 3.8) is 0 Å². The maximum Gasteiger partial charge on any atom is 0.230 e. The number of nitrogens with zero attached hydrogens (tertiary/aromatic N) is 3. The lowest BCUT2D eigenvalue weighted by Gasteiger charge is -2.19. The van der Waals surface area contributed by atoms with Crippen molar-refractivity contribution in [3.8, 4) is 22.8 Å². The molecule has 0 bridgehead atoms. The molecule has 6 nitrogen and oxygen atoms in total. The van der Waals surface area contributed by atoms with E-state index in [2.05, 4.69) is 60.6 Å². The van der Waals surface area contributed by atoms with Gasteiger partial charge in [0.05, 0.1) is 12.9 Å². The molecule has 1 aromatic heterocycles. The molecule has 0 aliphatic rings. The second-order valence-electron chi connectivity index (χ2n) is 9.18. The van der Waals surface area contributed by atoms with Crippen LogP contribution >= 0.6 is 11.8 Å². The zero-order chi connectivity index (χ0) is 24.8. The third-order valence-electron chi connectivity index (χ3n) is 5.66. The summed E-state index contributed by atoms with van der Waals surface area (Å²) in [5.41, 5.74) is 4.19. The van der Waals surface area contributed by atoms with Gasteiger partial charge in [0, 0.05) is 23.4 Å². The Labute approximate surface area is 210 Å². The third kappa shape index (κ3) is 5.92. The van der Waals surface area contributed by atoms with Crippen LogP contribution in [0, 0.1) is 0 Å². The highest BCUT2D eigenvalue weighted by atomic mass is 32.2. The lowest BCUT2D eigenvalue weighted by molar-refractivity contribution is -0.118. The standard InChI is InChI=1S/C28H30N4O2S/c1-28(2,3)22-16-14-20(15-17-22)26-30-31-27(32(26)23-11-6-5-7-12-23)35-19-25(33)29-18-21-10-8-9-13-24(21)34-4/h5-17H,18-19H2,1-4H3,(H,29,33). The first-order valence-electron chi connectivity index (χ1n) is 11.5. The van der Waals surface area contributed by atoms with Gasteiger partial charge in [-0.3, -0.25) is 9.36 Å². The number of amides is 1. The van der Waals surface area contributed by atoms with Crippen molar-refractivity contribution in [1.29, 1.82) is 0 Å². The monoisotopic (exact) mass is 486 g/mol. The predicted molar refractivity (Wildman–Crippen MR) is 141 cm³/mol. The molecule has 1 amide bonds. The average Bonchev–Trinajstić information content (AvgIpc) is 3.30. The number of benzene rings is 3. The van der Waals surface area contributed by atoms with Crippen molar-refractivity contribution in [3.05, 3.63) is 90.0 Å². The van der Waals surface area contributed by atoms with Crippen LogP contribution in [0.15, 0.2) is 84.0 Å². The van der Waals surface area contributed by atoms with Crippen LogP contribution < -0.4 is 10.1 Å². The molecule has 0 aliphatic heterocycles. The summed E-state index contributed by atoms with van der Waals surface area (Å²) in [7, 11) is 1.63. The highest BCUT2D eigenvalue weighted by molar-refractivity contribution is 7.99. The van der Waals surface area contributed by atoms with Crippen LogP contribution in [0.1, 0.15) is 31.9 Å². The molecule has 4 aromatic rings. The summed E-state index contributed by atoms with van der Waals surface area (Å²) in [4.78, 5) is 12.6. The van der Waals surface area contributed by atoms with Crippen molar-refractivity contribution in [2.75, 3.05) is 12.9 Å². The fourth-order valence-corrected chi connectivity index (χ4v) is 4.49. The minimum absolute atomic E-state index is 0.0732. The SMILES string of the molecule is COc1ccccc1CNC(=O)CSc1nnc(-c2ccc(C(C)(C)C)cc2)n1-c1ccccc1. The summed E-state index contributed by atoms with van der Waals surface area (Å²) in [5, 5.41) is 12.6. The van der Waals surface area contributed by atoms with Gasteiger partial charge in [0.1, 0.15) is 5.75 Å². The number of carbonyl (C=O) groups excluding carboxylic acids is 1. The van der Waals surface area contributed by atoms with Gasteiger partial charge in [-0.1, -0.05) is 93.2 Å². The first kappa shape index (κ1) is 24.5. The van der Waals surface area contributed by atoms with E-state index in [1.165, 1.54) is 17.3 Å². The number of methoxy groups -OCH3 is 1. The minimum atomic E-state index is -0.0837. The smallest absolute Gasteiger partial charge is 0.230 e. The Morgan fingerprint density at radius 3 is 2.31 bits per heavy atom. The molecule has 3 aromatic carbocycles. The highest BCUT2D eigenvalue weighted by Crippen LogP contribution is 2.30. The van der Waals surface area contributed by atoms with Crippen LogP contribution in [0.5, 0.6) is 5.75 Å². The molecule has 1 heterocycles. The number of ether oxygens (including phenoxy) is 1. The van der Waals surface area contributed by atoms with Gasteiger partial charge in [0.15, 0.2) is 11.0 Å². The topological polar surface area (TPSA) is 69.0 Å². The number of rotatable bonds is 8. The second-order valence-corrected chi connectivity index (χ2v) is 10.1. The first-order valence-corrected chi connectivity index (χ1v) is 12.5. The van der Waals surface area contributed by atoms with E-state index in [0.29, 0.717) is 11.7 Å². The molecule has 0 aliphatic carbocycles. The second kappa shape index (κ2) is 10.8. The molecule has 180 valence electrons. The van der Waals surface area contributed by atoms with Gasteiger partial charge in [-0.2, -0.15) is 0 Å². The van der Waals surface area contributed by atoms with Crippen LogP contribution in [-0.4, -0.2) is 33.5 Å². The molecule has 0 spiro atoms. The van der Waals surface area contributed by atoms with E-state index in [1.54, 1.807) is 7.11 Å². The summed E-state index contributed by atoms with van der Waals surface area (Å²) in [6, 6.07) is 26.1. The van der Waals surface area contributed by atoms with E-state index in [0.717, 1.165) is 28.4 Å². The number of aromatic nitrogens is 3. The number of carbonyl (C=O) groups is 1. The maximum atomic E-state index is 12.6. The summed E-state index contributed by atoms with van der Waals surface area (Å²) in [6.07, 6.45) is 0. The van der Waals surface area contributed by atoms with Crippen molar-refractivity contribution in [2.24, 2.45) is 0 Å². The Hall–Kier alpha value is -3.58. The van der Waals surface area contributed by atoms with Gasteiger partial charge in [-0.05, 0) is 29.2 Å². The average molecular weight is 487 g/mol. The van der Waals surface area contributed by atoms with Gasteiger partial charge in [0.25, 0.3) is 0 Å². The number of para-hydroxylation sites is 2. The summed E-state index contributed by atoms with van der Waals surface area (Å²) < 4.78 is 7.37. The van der Waals surface area contributed by atoms with Gasteiger partial charge >= 0.3 is 0 Å². The number of hydrogen-bond acceptors (Lipinski definition) is 5. The number of hydrogen-bond donors (Lipinski definition) is 1. The molecule has 1 N–H and O–H groups in total. The number of thioether (sulfide) groups is 1. The quantitative estimate of drug-likeness (QED) is 0.326. The first-order chi connectivity index (χ1) is 16.9. The van der Waals surface area contributed by atoms with Crippen LogP contribution in [0.2, 0.25) is 0 Å². The predicted octanol–water partition coefficient (Wildman–Crippen LogP) is 5.65. The van der Waals surface area contributed by atoms with E-state index >= 15 is 0 Å². The molecule has 0 saturated carbocycles. The molecule has 0 radical (unpaired) electrons. The Morgan fingerprint density at radius 1 is 0.943 bits per heavy atom. The Morgan fingerprint density at radius 2 is 1.63 bits per heavy atom. The van der Waals surface area contributed by atoms with Gasteiger partial charge in [-0.25, -0.2) is 0 Å². The van der Waals surface area contributed by atoms with Crippen molar-refractivity contribution in [2.45, 2.75) is 37.9 Å². The van der Waals surface area contributed by atoms with E-state index in [4.69, 9.17) is 4.74 Å². The van der Waals surface area contributed by atoms with E-state index < -0.39 is 0 Å². The third-order valence-corrected chi connectivity index (χ3v) is 6.59. The van der Waals surface area contributed by atoms with Crippen LogP contribution in [-0.2, 0) is 16.8 Å². The molecule has 0 atom stereocenters. The van der Waals surface area contributed by atoms with Crippen LogP contribution in [0.4, 0.5) is 0 Å². The van der Waals surface area contributed by atoms with Gasteiger partial charge in [-0.15, -0.1) is 10.2 Å². The molecule has 0 saturated heterocycles. The van der Waals surface area contributed by atoms with E-state index in [9.17, 15) is 4.79 Å². The number of nitrogens with one attached hydrogen (secondary N) is 1. The minimum Gasteiger partial charge on any atom is -0.496 e. The Balaban J connectivity index is 1.53. The van der Waals surface area contributed by atoms with Crippen molar-refractivity contribution >= 4 is 17.7 Å². The largest absolute Gasteiger partial charge is 0.496 e. The normalized spacial score (nSPS) is 11.3. The van der Waals surface area contributed by atoms with Crippen molar-refractivity contribution < 1.29 is 9.53 Å². The van der Waals surface area contributed by atoms with Crippen LogP contribution in [0.25, 0.3) is 17.1 Å². The molecule has 4 rings (SSSR count). The molecule has 0 unspecified atom stereocenters. The zero-order valence-electron chi connectivity index (χ0n) is 20.5. The highest BCUT2D eigenvalue weighted by Gasteiger charge is 2.19. The molecular formula is C28H30N4O2S. The Bertz CT molecular complexity index is 1280. The fourth-order valence-electron chi connectivity index (χ4n) is 3.70. The lowest BCUT2D eigenvalue weighted by atomic mass is 9.87. The van der Waals surface area contributed by atoms with Crippen LogP contribution in [0.3, 0.4) is 0 Å². The summed E-state index contributed by atoms with van der Waals surface area (Å²) in [5.74, 6) is 1.64. The van der Waals surface area contributed by atoms with E-state index in [-0.39, 0.29) is 17.1 Å². The summed E-state index contributed by atoms with van der Waals surface area (Å²) >= 11 is 1.36. The molecule has 35 heavy (non-hydrogen) atoms. The molecule has 7 heteroatoms. The molecule has 0 fully saturated rings. The van der Waals surface area contributed by atoms with Crippen molar-refractivity contribution in [1.82, 2.24) is 20.1 Å². The van der Waals surface area contributed by atoms with Gasteiger partial charge in [0.2, 0.25) is 5.91 Å². The van der Waals surface area contributed by atoms with E-state index in [1.807, 2.05) is 59.2 Å². The lowest BCUT2D eigenvalue weighted by Crippen LogP contribution is -2.25. The zero-order valence-corrected chi connectivity index (χ0v) is 21.3. The van der Waals surface area contributed by atoms with Gasteiger partial charge < -0.3 is 10.1 Å². The fraction of sp³-hybridized carbons (Fsp3) is 0.250. The maximum absolute atomic E-state index is 12.6. The summed E-state index contributed by atoms with van der Waals surface area (Å²) in [6.45, 7) is 6.99.